The van der Waals surface area contributed by atoms with Gasteiger partial charge in [0.25, 0.3) is 0 Å². The summed E-state index contributed by atoms with van der Waals surface area (Å²) in [6.45, 7) is 4.14. The molecule has 0 atom stereocenters. The Morgan fingerprint density at radius 3 is 2.57 bits per heavy atom. The van der Waals surface area contributed by atoms with E-state index >= 15 is 0 Å². The van der Waals surface area contributed by atoms with Crippen LogP contribution in [0, 0.1) is 6.92 Å². The van der Waals surface area contributed by atoms with Gasteiger partial charge < -0.3 is 19.6 Å². The van der Waals surface area contributed by atoms with Crippen molar-refractivity contribution in [2.24, 2.45) is 0 Å². The normalized spacial score (nSPS) is 18.3. The highest BCUT2D eigenvalue weighted by molar-refractivity contribution is 5.92. The summed E-state index contributed by atoms with van der Waals surface area (Å²) in [7, 11) is 1.78. The molecule has 3 aromatic rings. The number of amides is 1. The third kappa shape index (κ3) is 3.10. The molecule has 7 heteroatoms. The molecule has 2 fully saturated rings. The average molecular weight is 404 g/mol. The average Bonchev–Trinajstić information content (AvgIpc) is 3.00. The number of likely N-dealkylation sites (N-methyl/N-ethyl adjacent to an activating group) is 1. The van der Waals surface area contributed by atoms with E-state index in [0.717, 1.165) is 48.2 Å². The van der Waals surface area contributed by atoms with E-state index in [1.807, 2.05) is 25.1 Å². The minimum atomic E-state index is -0.401. The van der Waals surface area contributed by atoms with Crippen molar-refractivity contribution in [2.45, 2.75) is 25.4 Å². The first-order chi connectivity index (χ1) is 14.4. The Morgan fingerprint density at radius 2 is 1.87 bits per heavy atom. The Morgan fingerprint density at radius 1 is 1.10 bits per heavy atom. The zero-order valence-corrected chi connectivity index (χ0v) is 17.1. The number of anilines is 1. The molecule has 2 aliphatic rings. The van der Waals surface area contributed by atoms with Crippen molar-refractivity contribution >= 4 is 22.8 Å². The fraction of sp³-hybridized carbons (Fsp3) is 0.348. The number of hydrogen-bond donors (Lipinski definition) is 1. The van der Waals surface area contributed by atoms with Crippen molar-refractivity contribution in [3.63, 3.8) is 0 Å². The molecule has 0 unspecified atom stereocenters. The third-order valence-corrected chi connectivity index (χ3v) is 6.09. The van der Waals surface area contributed by atoms with Crippen molar-refractivity contribution in [2.75, 3.05) is 31.6 Å². The monoisotopic (exact) mass is 404 g/mol. The largest absolute Gasteiger partial charge is 0.507 e. The number of ether oxygens (including phenoxy) is 1. The number of carbonyl (C=O) groups is 1. The Balaban J connectivity index is 1.54. The maximum Gasteiger partial charge on any atom is 0.410 e. The highest BCUT2D eigenvalue weighted by Crippen LogP contribution is 2.37. The summed E-state index contributed by atoms with van der Waals surface area (Å²) in [6, 6.07) is 13.3. The lowest BCUT2D eigenvalue weighted by molar-refractivity contribution is 0.0366. The highest BCUT2D eigenvalue weighted by Gasteiger charge is 2.46. The molecule has 0 bridgehead atoms. The smallest absolute Gasteiger partial charge is 0.410 e. The Labute approximate surface area is 174 Å². The van der Waals surface area contributed by atoms with Crippen LogP contribution in [-0.4, -0.2) is 58.4 Å². The Bertz CT molecular complexity index is 1140. The zero-order chi connectivity index (χ0) is 20.9. The SMILES string of the molecule is Cc1ccc2c(N3CCC4(CC3)CN(C)C(=O)O4)nc(-c3ccccc3O)nc2c1. The van der Waals surface area contributed by atoms with E-state index < -0.39 is 5.60 Å². The van der Waals surface area contributed by atoms with Gasteiger partial charge in [-0.25, -0.2) is 14.8 Å². The zero-order valence-electron chi connectivity index (χ0n) is 17.1. The minimum absolute atomic E-state index is 0.161. The fourth-order valence-electron chi connectivity index (χ4n) is 4.43. The molecule has 1 amide bonds. The second-order valence-electron chi connectivity index (χ2n) is 8.30. The van der Waals surface area contributed by atoms with E-state index in [4.69, 9.17) is 14.7 Å². The molecule has 0 aliphatic carbocycles. The van der Waals surface area contributed by atoms with Gasteiger partial charge in [-0.15, -0.1) is 0 Å². The van der Waals surface area contributed by atoms with Crippen molar-refractivity contribution in [3.05, 3.63) is 48.0 Å². The van der Waals surface area contributed by atoms with Crippen molar-refractivity contribution in [1.82, 2.24) is 14.9 Å². The molecule has 0 radical (unpaired) electrons. The molecule has 2 saturated heterocycles. The highest BCUT2D eigenvalue weighted by atomic mass is 16.6. The maximum absolute atomic E-state index is 11.9. The predicted octanol–water partition coefficient (Wildman–Crippen LogP) is 3.73. The van der Waals surface area contributed by atoms with Gasteiger partial charge in [-0.3, -0.25) is 0 Å². The maximum atomic E-state index is 11.9. The Hall–Kier alpha value is -3.35. The van der Waals surface area contributed by atoms with Gasteiger partial charge in [-0.05, 0) is 36.8 Å². The standard InChI is InChI=1S/C23H24N4O3/c1-15-7-8-16-18(13-15)24-20(17-5-3-4-6-19(17)28)25-21(16)27-11-9-23(10-12-27)14-26(2)22(29)30-23/h3-8,13,28H,9-12,14H2,1-2H3. The number of carbonyl (C=O) groups excluding carboxylic acids is 1. The van der Waals surface area contributed by atoms with Crippen LogP contribution in [0.5, 0.6) is 5.75 Å². The number of rotatable bonds is 2. The van der Waals surface area contributed by atoms with Crippen LogP contribution in [0.2, 0.25) is 0 Å². The van der Waals surface area contributed by atoms with Gasteiger partial charge in [0.15, 0.2) is 5.82 Å². The van der Waals surface area contributed by atoms with E-state index in [1.165, 1.54) is 0 Å². The van der Waals surface area contributed by atoms with Crippen LogP contribution in [0.25, 0.3) is 22.3 Å². The van der Waals surface area contributed by atoms with Crippen molar-refractivity contribution < 1.29 is 14.6 Å². The molecule has 3 heterocycles. The number of phenols is 1. The van der Waals surface area contributed by atoms with E-state index in [0.29, 0.717) is 17.9 Å². The van der Waals surface area contributed by atoms with Crippen LogP contribution in [0.15, 0.2) is 42.5 Å². The lowest BCUT2D eigenvalue weighted by atomic mass is 9.91. The Kier molecular flexibility index (Phi) is 4.27. The number of phenolic OH excluding ortho intramolecular Hbond substituents is 1. The number of benzene rings is 2. The molecule has 2 aromatic carbocycles. The van der Waals surface area contributed by atoms with Gasteiger partial charge in [0.2, 0.25) is 0 Å². The minimum Gasteiger partial charge on any atom is -0.507 e. The predicted molar refractivity (Wildman–Crippen MR) is 115 cm³/mol. The number of aryl methyl sites for hydroxylation is 1. The number of hydrogen-bond acceptors (Lipinski definition) is 6. The van der Waals surface area contributed by atoms with Gasteiger partial charge >= 0.3 is 6.09 Å². The van der Waals surface area contributed by atoms with Gasteiger partial charge in [-0.2, -0.15) is 0 Å². The van der Waals surface area contributed by atoms with Crippen molar-refractivity contribution in [1.29, 1.82) is 0 Å². The number of aromatic nitrogens is 2. The van der Waals surface area contributed by atoms with Crippen LogP contribution < -0.4 is 4.90 Å². The number of para-hydroxylation sites is 1. The summed E-state index contributed by atoms with van der Waals surface area (Å²) in [5, 5.41) is 11.3. The summed E-state index contributed by atoms with van der Waals surface area (Å²) in [5.41, 5.74) is 2.18. The lowest BCUT2D eigenvalue weighted by Gasteiger charge is -2.38. The van der Waals surface area contributed by atoms with E-state index in [-0.39, 0.29) is 11.8 Å². The van der Waals surface area contributed by atoms with Gasteiger partial charge in [0, 0.05) is 38.4 Å². The summed E-state index contributed by atoms with van der Waals surface area (Å²) in [4.78, 5) is 25.4. The van der Waals surface area contributed by atoms with E-state index in [2.05, 4.69) is 17.0 Å². The van der Waals surface area contributed by atoms with Gasteiger partial charge in [-0.1, -0.05) is 18.2 Å². The summed E-state index contributed by atoms with van der Waals surface area (Å²) < 4.78 is 5.69. The first-order valence-electron chi connectivity index (χ1n) is 10.2. The summed E-state index contributed by atoms with van der Waals surface area (Å²) in [5.74, 6) is 1.52. The first-order valence-corrected chi connectivity index (χ1v) is 10.2. The third-order valence-electron chi connectivity index (χ3n) is 6.09. The lowest BCUT2D eigenvalue weighted by Crippen LogP contribution is -2.47. The second kappa shape index (κ2) is 6.86. The van der Waals surface area contributed by atoms with Crippen LogP contribution in [-0.2, 0) is 4.74 Å². The van der Waals surface area contributed by atoms with Crippen LogP contribution in [0.3, 0.4) is 0 Å². The molecule has 7 nitrogen and oxygen atoms in total. The van der Waals surface area contributed by atoms with E-state index in [9.17, 15) is 9.90 Å². The molecule has 2 aliphatic heterocycles. The molecule has 1 spiro atoms. The van der Waals surface area contributed by atoms with Gasteiger partial charge in [0.1, 0.15) is 17.2 Å². The topological polar surface area (TPSA) is 78.8 Å². The van der Waals surface area contributed by atoms with E-state index in [1.54, 1.807) is 24.1 Å². The van der Waals surface area contributed by atoms with Crippen LogP contribution in [0.4, 0.5) is 10.6 Å². The fourth-order valence-corrected chi connectivity index (χ4v) is 4.43. The van der Waals surface area contributed by atoms with Crippen LogP contribution in [0.1, 0.15) is 18.4 Å². The summed E-state index contributed by atoms with van der Waals surface area (Å²) >= 11 is 0. The molecule has 0 saturated carbocycles. The molecule has 30 heavy (non-hydrogen) atoms. The second-order valence-corrected chi connectivity index (χ2v) is 8.30. The van der Waals surface area contributed by atoms with Gasteiger partial charge in [0.05, 0.1) is 17.6 Å². The molecular formula is C23H24N4O3. The first kappa shape index (κ1) is 18.7. The summed E-state index contributed by atoms with van der Waals surface area (Å²) in [6.07, 6.45) is 1.27. The molecule has 1 N–H and O–H groups in total. The molecular weight excluding hydrogens is 380 g/mol. The van der Waals surface area contributed by atoms with Crippen molar-refractivity contribution in [3.8, 4) is 17.1 Å². The number of aromatic hydroxyl groups is 1. The number of fused-ring (bicyclic) bond motifs is 1. The number of nitrogens with zero attached hydrogens (tertiary/aromatic N) is 4. The quantitative estimate of drug-likeness (QED) is 0.701. The molecule has 1 aromatic heterocycles. The molecule has 154 valence electrons. The molecule has 5 rings (SSSR count). The number of piperidine rings is 1. The van der Waals surface area contributed by atoms with Crippen LogP contribution >= 0.6 is 0 Å².